The predicted molar refractivity (Wildman–Crippen MR) is 102 cm³/mol. The van der Waals surface area contributed by atoms with Crippen molar-refractivity contribution in [2.45, 2.75) is 10.1 Å². The van der Waals surface area contributed by atoms with E-state index in [-0.39, 0.29) is 21.8 Å². The second kappa shape index (κ2) is 8.08. The van der Waals surface area contributed by atoms with Gasteiger partial charge in [-0.3, -0.25) is 14.9 Å². The number of carbonyl (C=O) groups is 1. The number of hydrogen-bond donors (Lipinski definition) is 1. The van der Waals surface area contributed by atoms with Crippen LogP contribution in [0.2, 0.25) is 5.02 Å². The molecule has 0 aliphatic carbocycles. The average Bonchev–Trinajstić information content (AvgIpc) is 3.06. The molecule has 0 fully saturated rings. The highest BCUT2D eigenvalue weighted by Crippen LogP contribution is 2.34. The van der Waals surface area contributed by atoms with Gasteiger partial charge >= 0.3 is 0 Å². The molecule has 0 bridgehead atoms. The number of rotatable bonds is 5. The minimum Gasteiger partial charge on any atom is -0.322 e. The molecular weight excluding hydrogens is 404 g/mol. The number of amides is 1. The second-order valence-electron chi connectivity index (χ2n) is 5.53. The first-order chi connectivity index (χ1) is 13.4. The van der Waals surface area contributed by atoms with E-state index in [4.69, 9.17) is 16.9 Å². The maximum Gasteiger partial charge on any atom is 0.284 e. The van der Waals surface area contributed by atoms with E-state index in [1.165, 1.54) is 42.7 Å². The van der Waals surface area contributed by atoms with Crippen LogP contribution in [0.3, 0.4) is 0 Å². The topological polar surface area (TPSA) is 127 Å². The highest BCUT2D eigenvalue weighted by atomic mass is 35.5. The van der Waals surface area contributed by atoms with E-state index < -0.39 is 10.8 Å². The summed E-state index contributed by atoms with van der Waals surface area (Å²) < 4.78 is 1.63. The van der Waals surface area contributed by atoms with E-state index in [2.05, 4.69) is 15.5 Å². The Bertz CT molecular complexity index is 1120. The molecule has 3 aromatic rings. The fourth-order valence-electron chi connectivity index (χ4n) is 2.24. The zero-order valence-electron chi connectivity index (χ0n) is 14.3. The summed E-state index contributed by atoms with van der Waals surface area (Å²) in [5.41, 5.74) is 0.530. The molecule has 1 N–H and O–H groups in total. The Balaban J connectivity index is 1.86. The van der Waals surface area contributed by atoms with Crippen LogP contribution in [0.25, 0.3) is 0 Å². The monoisotopic (exact) mass is 414 g/mol. The molecule has 0 unspecified atom stereocenters. The molecule has 140 valence electrons. The van der Waals surface area contributed by atoms with Gasteiger partial charge in [0.1, 0.15) is 12.4 Å². The Labute approximate surface area is 168 Å². The van der Waals surface area contributed by atoms with Crippen molar-refractivity contribution in [1.82, 2.24) is 14.8 Å². The van der Waals surface area contributed by atoms with E-state index in [9.17, 15) is 14.9 Å². The van der Waals surface area contributed by atoms with Crippen molar-refractivity contribution >= 4 is 40.6 Å². The summed E-state index contributed by atoms with van der Waals surface area (Å²) in [6, 6.07) is 10.5. The second-order valence-corrected chi connectivity index (χ2v) is 6.94. The van der Waals surface area contributed by atoms with Crippen LogP contribution in [0, 0.1) is 21.4 Å². The summed E-state index contributed by atoms with van der Waals surface area (Å²) >= 11 is 7.02. The number of nitriles is 1. The van der Waals surface area contributed by atoms with E-state index in [0.717, 1.165) is 11.8 Å². The molecule has 1 aromatic heterocycles. The first-order valence-corrected chi connectivity index (χ1v) is 8.90. The smallest absolute Gasteiger partial charge is 0.284 e. The van der Waals surface area contributed by atoms with Crippen molar-refractivity contribution in [2.75, 3.05) is 5.32 Å². The van der Waals surface area contributed by atoms with Gasteiger partial charge in [0.25, 0.3) is 11.6 Å². The van der Waals surface area contributed by atoms with Crippen molar-refractivity contribution in [3.63, 3.8) is 0 Å². The zero-order chi connectivity index (χ0) is 20.3. The van der Waals surface area contributed by atoms with Crippen LogP contribution in [-0.2, 0) is 7.05 Å². The standard InChI is InChI=1S/C17H11ClN6O3S/c1-23-9-20-22-17(23)28-15-5-3-10(6-14(15)24(26)27)16(25)21-12-4-2-11(8-19)13(18)7-12/h2-7,9H,1H3,(H,21,25). The number of nitro benzene ring substituents is 1. The SMILES string of the molecule is Cn1cnnc1Sc1ccc(C(=O)Nc2ccc(C#N)c(Cl)c2)cc1[N+](=O)[O-]. The molecule has 3 rings (SSSR count). The van der Waals surface area contributed by atoms with Crippen LogP contribution < -0.4 is 5.32 Å². The lowest BCUT2D eigenvalue weighted by molar-refractivity contribution is -0.387. The van der Waals surface area contributed by atoms with Gasteiger partial charge in [0.15, 0.2) is 5.16 Å². The number of aryl methyl sites for hydroxylation is 1. The summed E-state index contributed by atoms with van der Waals surface area (Å²) in [6.45, 7) is 0. The minimum atomic E-state index is -0.561. The van der Waals surface area contributed by atoms with Gasteiger partial charge in [-0.1, -0.05) is 11.6 Å². The molecule has 0 aliphatic heterocycles. The molecule has 9 nitrogen and oxygen atoms in total. The van der Waals surface area contributed by atoms with E-state index >= 15 is 0 Å². The maximum absolute atomic E-state index is 12.5. The fourth-order valence-corrected chi connectivity index (χ4v) is 3.31. The molecule has 0 saturated heterocycles. The van der Waals surface area contributed by atoms with Crippen molar-refractivity contribution in [3.05, 3.63) is 69.0 Å². The van der Waals surface area contributed by atoms with E-state index in [0.29, 0.717) is 15.7 Å². The Hall–Kier alpha value is -3.42. The lowest BCUT2D eigenvalue weighted by atomic mass is 10.1. The molecule has 11 heteroatoms. The zero-order valence-corrected chi connectivity index (χ0v) is 15.9. The molecule has 0 aliphatic rings. The maximum atomic E-state index is 12.5. The van der Waals surface area contributed by atoms with Gasteiger partial charge in [0.05, 0.1) is 20.4 Å². The molecule has 1 heterocycles. The number of nitrogens with one attached hydrogen (secondary N) is 1. The summed E-state index contributed by atoms with van der Waals surface area (Å²) in [6.07, 6.45) is 1.48. The number of benzene rings is 2. The van der Waals surface area contributed by atoms with Gasteiger partial charge in [-0.15, -0.1) is 10.2 Å². The molecule has 0 saturated carbocycles. The fraction of sp³-hybridized carbons (Fsp3) is 0.0588. The summed E-state index contributed by atoms with van der Waals surface area (Å²) in [5, 5.41) is 31.2. The van der Waals surface area contributed by atoms with Gasteiger partial charge in [0.2, 0.25) is 0 Å². The van der Waals surface area contributed by atoms with Crippen LogP contribution in [0.15, 0.2) is 52.8 Å². The number of nitro groups is 1. The van der Waals surface area contributed by atoms with Crippen LogP contribution in [0.4, 0.5) is 11.4 Å². The number of carbonyl (C=O) groups excluding carboxylic acids is 1. The number of halogens is 1. The highest BCUT2D eigenvalue weighted by molar-refractivity contribution is 7.99. The largest absolute Gasteiger partial charge is 0.322 e. The highest BCUT2D eigenvalue weighted by Gasteiger charge is 2.20. The van der Waals surface area contributed by atoms with Crippen LogP contribution in [-0.4, -0.2) is 25.6 Å². The quantitative estimate of drug-likeness (QED) is 0.498. The molecule has 0 atom stereocenters. The lowest BCUT2D eigenvalue weighted by Crippen LogP contribution is -2.12. The Kier molecular flexibility index (Phi) is 5.58. The number of hydrogen-bond acceptors (Lipinski definition) is 7. The number of nitrogens with zero attached hydrogens (tertiary/aromatic N) is 5. The third-order valence-corrected chi connectivity index (χ3v) is 5.07. The van der Waals surface area contributed by atoms with E-state index in [1.807, 2.05) is 6.07 Å². The summed E-state index contributed by atoms with van der Waals surface area (Å²) in [5.74, 6) is -0.543. The van der Waals surface area contributed by atoms with Gasteiger partial charge in [0, 0.05) is 24.4 Å². The first kappa shape index (κ1) is 19.3. The molecule has 0 spiro atoms. The molecule has 2 aromatic carbocycles. The Morgan fingerprint density at radius 2 is 2.14 bits per heavy atom. The average molecular weight is 415 g/mol. The normalized spacial score (nSPS) is 10.3. The lowest BCUT2D eigenvalue weighted by Gasteiger charge is -2.08. The first-order valence-electron chi connectivity index (χ1n) is 7.70. The Morgan fingerprint density at radius 1 is 1.36 bits per heavy atom. The Morgan fingerprint density at radius 3 is 2.75 bits per heavy atom. The van der Waals surface area contributed by atoms with Gasteiger partial charge < -0.3 is 9.88 Å². The van der Waals surface area contributed by atoms with E-state index in [1.54, 1.807) is 11.6 Å². The minimum absolute atomic E-state index is 0.106. The van der Waals surface area contributed by atoms with Crippen LogP contribution in [0.5, 0.6) is 0 Å². The predicted octanol–water partition coefficient (Wildman–Crippen LogP) is 3.65. The van der Waals surface area contributed by atoms with Crippen LogP contribution in [0.1, 0.15) is 15.9 Å². The third kappa shape index (κ3) is 4.11. The summed E-state index contributed by atoms with van der Waals surface area (Å²) in [4.78, 5) is 23.7. The van der Waals surface area contributed by atoms with Crippen LogP contribution >= 0.6 is 23.4 Å². The molecule has 28 heavy (non-hydrogen) atoms. The summed E-state index contributed by atoms with van der Waals surface area (Å²) in [7, 11) is 1.72. The van der Waals surface area contributed by atoms with Gasteiger partial charge in [-0.25, -0.2) is 0 Å². The van der Waals surface area contributed by atoms with Crippen molar-refractivity contribution in [3.8, 4) is 6.07 Å². The van der Waals surface area contributed by atoms with Crippen molar-refractivity contribution < 1.29 is 9.72 Å². The number of anilines is 1. The van der Waals surface area contributed by atoms with Gasteiger partial charge in [-0.2, -0.15) is 5.26 Å². The van der Waals surface area contributed by atoms with Crippen molar-refractivity contribution in [1.29, 1.82) is 5.26 Å². The number of aromatic nitrogens is 3. The third-order valence-electron chi connectivity index (χ3n) is 3.64. The molecule has 1 amide bonds. The van der Waals surface area contributed by atoms with Crippen molar-refractivity contribution in [2.24, 2.45) is 7.05 Å². The van der Waals surface area contributed by atoms with Gasteiger partial charge in [-0.05, 0) is 42.1 Å². The molecular formula is C17H11ClN6O3S. The molecule has 0 radical (unpaired) electrons.